The van der Waals surface area contributed by atoms with Gasteiger partial charge in [-0.1, -0.05) is 17.7 Å². The van der Waals surface area contributed by atoms with E-state index in [9.17, 15) is 4.79 Å². The van der Waals surface area contributed by atoms with Gasteiger partial charge in [0.15, 0.2) is 5.15 Å². The van der Waals surface area contributed by atoms with E-state index in [0.717, 1.165) is 5.56 Å². The van der Waals surface area contributed by atoms with E-state index in [2.05, 4.69) is 10.3 Å². The molecule has 0 aliphatic rings. The Morgan fingerprint density at radius 2 is 2.15 bits per heavy atom. The number of amides is 1. The third-order valence-corrected chi connectivity index (χ3v) is 3.14. The molecule has 0 radical (unpaired) electrons. The third kappa shape index (κ3) is 2.67. The number of carbonyl (C=O) groups is 1. The lowest BCUT2D eigenvalue weighted by Crippen LogP contribution is -2.16. The topological polar surface area (TPSA) is 77.2 Å². The number of nitrogens with two attached hydrogens (primary N) is 1. The number of pyridine rings is 1. The summed E-state index contributed by atoms with van der Waals surface area (Å²) in [6.45, 7) is 1.83. The molecule has 1 amide bonds. The van der Waals surface area contributed by atoms with Crippen molar-refractivity contribution in [2.45, 2.75) is 6.92 Å². The molecule has 3 N–H and O–H groups in total. The Hall–Kier alpha value is -2.27. The Labute approximate surface area is 121 Å². The number of ether oxygens (including phenoxy) is 1. The molecule has 1 aromatic heterocycles. The van der Waals surface area contributed by atoms with E-state index < -0.39 is 5.91 Å². The molecule has 5 nitrogen and oxygen atoms in total. The third-order valence-electron chi connectivity index (χ3n) is 2.86. The summed E-state index contributed by atoms with van der Waals surface area (Å²) < 4.78 is 5.16. The SMILES string of the molecule is COc1cccc(N)c1C(=O)Nc1c(C)ccnc1Cl. The Morgan fingerprint density at radius 1 is 1.40 bits per heavy atom. The quantitative estimate of drug-likeness (QED) is 0.673. The second kappa shape index (κ2) is 5.79. The van der Waals surface area contributed by atoms with Gasteiger partial charge in [0.05, 0.1) is 12.8 Å². The zero-order valence-corrected chi connectivity index (χ0v) is 11.9. The Bertz CT molecular complexity index is 639. The van der Waals surface area contributed by atoms with Crippen LogP contribution in [0, 0.1) is 6.92 Å². The second-order valence-corrected chi connectivity index (χ2v) is 4.53. The highest BCUT2D eigenvalue weighted by Gasteiger charge is 2.18. The van der Waals surface area contributed by atoms with Crippen LogP contribution in [0.15, 0.2) is 30.5 Å². The summed E-state index contributed by atoms with van der Waals surface area (Å²) in [5.74, 6) is 0.0121. The number of nitrogens with one attached hydrogen (secondary N) is 1. The zero-order valence-electron chi connectivity index (χ0n) is 11.1. The Kier molecular flexibility index (Phi) is 4.10. The van der Waals surface area contributed by atoms with Crippen LogP contribution in [0.2, 0.25) is 5.15 Å². The molecule has 0 spiro atoms. The lowest BCUT2D eigenvalue weighted by molar-refractivity contribution is 0.102. The highest BCUT2D eigenvalue weighted by Crippen LogP contribution is 2.28. The summed E-state index contributed by atoms with van der Waals surface area (Å²) in [6, 6.07) is 6.78. The molecule has 6 heteroatoms. The molecule has 0 saturated carbocycles. The molecule has 0 aliphatic heterocycles. The number of aromatic nitrogens is 1. The molecule has 0 saturated heterocycles. The summed E-state index contributed by atoms with van der Waals surface area (Å²) in [5.41, 5.74) is 7.72. The number of carbonyl (C=O) groups excluding carboxylic acids is 1. The number of benzene rings is 1. The molecule has 0 fully saturated rings. The van der Waals surface area contributed by atoms with Crippen molar-refractivity contribution >= 4 is 28.9 Å². The van der Waals surface area contributed by atoms with Crippen molar-refractivity contribution in [2.75, 3.05) is 18.2 Å². The number of hydrogen-bond donors (Lipinski definition) is 2. The molecular formula is C14H14ClN3O2. The van der Waals surface area contributed by atoms with Crippen molar-refractivity contribution in [2.24, 2.45) is 0 Å². The average molecular weight is 292 g/mol. The van der Waals surface area contributed by atoms with Gasteiger partial charge in [-0.25, -0.2) is 4.98 Å². The van der Waals surface area contributed by atoms with Crippen molar-refractivity contribution < 1.29 is 9.53 Å². The maximum Gasteiger partial charge on any atom is 0.261 e. The van der Waals surface area contributed by atoms with Gasteiger partial charge in [0.25, 0.3) is 5.91 Å². The fourth-order valence-electron chi connectivity index (χ4n) is 1.81. The van der Waals surface area contributed by atoms with E-state index in [1.54, 1.807) is 30.5 Å². The highest BCUT2D eigenvalue weighted by atomic mass is 35.5. The van der Waals surface area contributed by atoms with Crippen LogP contribution in [0.4, 0.5) is 11.4 Å². The molecule has 0 atom stereocenters. The van der Waals surface area contributed by atoms with Gasteiger partial charge >= 0.3 is 0 Å². The van der Waals surface area contributed by atoms with E-state index in [1.807, 2.05) is 6.92 Å². The second-order valence-electron chi connectivity index (χ2n) is 4.17. The maximum atomic E-state index is 12.4. The number of halogens is 1. The Morgan fingerprint density at radius 3 is 2.80 bits per heavy atom. The van der Waals surface area contributed by atoms with Crippen molar-refractivity contribution in [1.29, 1.82) is 0 Å². The van der Waals surface area contributed by atoms with Crippen molar-refractivity contribution in [3.05, 3.63) is 46.7 Å². The number of methoxy groups -OCH3 is 1. The van der Waals surface area contributed by atoms with Crippen LogP contribution in [-0.4, -0.2) is 18.0 Å². The van der Waals surface area contributed by atoms with Crippen molar-refractivity contribution in [3.63, 3.8) is 0 Å². The minimum absolute atomic E-state index is 0.229. The smallest absolute Gasteiger partial charge is 0.261 e. The molecule has 1 aromatic carbocycles. The summed E-state index contributed by atoms with van der Waals surface area (Å²) in [5, 5.41) is 2.95. The molecule has 0 aliphatic carbocycles. The molecule has 1 heterocycles. The Balaban J connectivity index is 2.39. The van der Waals surface area contributed by atoms with Crippen LogP contribution in [0.25, 0.3) is 0 Å². The lowest BCUT2D eigenvalue weighted by atomic mass is 10.1. The fraction of sp³-hybridized carbons (Fsp3) is 0.143. The highest BCUT2D eigenvalue weighted by molar-refractivity contribution is 6.33. The predicted octanol–water partition coefficient (Wildman–Crippen LogP) is 2.89. The van der Waals surface area contributed by atoms with Crippen molar-refractivity contribution in [1.82, 2.24) is 4.98 Å². The lowest BCUT2D eigenvalue weighted by Gasteiger charge is -2.13. The van der Waals surface area contributed by atoms with Crippen LogP contribution >= 0.6 is 11.6 Å². The first-order valence-electron chi connectivity index (χ1n) is 5.89. The minimum atomic E-state index is -0.391. The van der Waals surface area contributed by atoms with Gasteiger partial charge in [0, 0.05) is 11.9 Å². The van der Waals surface area contributed by atoms with Gasteiger partial charge in [-0.3, -0.25) is 4.79 Å². The number of anilines is 2. The van der Waals surface area contributed by atoms with E-state index in [4.69, 9.17) is 22.1 Å². The molecule has 2 aromatic rings. The number of hydrogen-bond acceptors (Lipinski definition) is 4. The van der Waals surface area contributed by atoms with Crippen LogP contribution in [0.5, 0.6) is 5.75 Å². The molecular weight excluding hydrogens is 278 g/mol. The normalized spacial score (nSPS) is 10.2. The van der Waals surface area contributed by atoms with Gasteiger partial charge in [0.1, 0.15) is 11.3 Å². The molecule has 104 valence electrons. The van der Waals surface area contributed by atoms with E-state index in [0.29, 0.717) is 17.1 Å². The van der Waals surface area contributed by atoms with Gasteiger partial charge in [-0.2, -0.15) is 0 Å². The van der Waals surface area contributed by atoms with Gasteiger partial charge in [0.2, 0.25) is 0 Å². The largest absolute Gasteiger partial charge is 0.496 e. The minimum Gasteiger partial charge on any atom is -0.496 e. The number of nitrogen functional groups attached to an aromatic ring is 1. The molecule has 0 unspecified atom stereocenters. The summed E-state index contributed by atoms with van der Waals surface area (Å²) in [7, 11) is 1.48. The number of nitrogens with zero attached hydrogens (tertiary/aromatic N) is 1. The first-order chi connectivity index (χ1) is 9.54. The van der Waals surface area contributed by atoms with Gasteiger partial charge in [-0.15, -0.1) is 0 Å². The zero-order chi connectivity index (χ0) is 14.7. The van der Waals surface area contributed by atoms with Gasteiger partial charge in [-0.05, 0) is 30.7 Å². The standard InChI is InChI=1S/C14H14ClN3O2/c1-8-6-7-17-13(15)12(8)18-14(19)11-9(16)4-3-5-10(11)20-2/h3-7H,16H2,1-2H3,(H,18,19). The van der Waals surface area contributed by atoms with Crippen LogP contribution in [0.1, 0.15) is 15.9 Å². The monoisotopic (exact) mass is 291 g/mol. The summed E-state index contributed by atoms with van der Waals surface area (Å²) in [4.78, 5) is 16.3. The summed E-state index contributed by atoms with van der Waals surface area (Å²) >= 11 is 5.99. The predicted molar refractivity (Wildman–Crippen MR) is 79.3 cm³/mol. The van der Waals surface area contributed by atoms with E-state index in [-0.39, 0.29) is 10.7 Å². The molecule has 0 bridgehead atoms. The first kappa shape index (κ1) is 14.1. The first-order valence-corrected chi connectivity index (χ1v) is 6.27. The van der Waals surface area contributed by atoms with Crippen molar-refractivity contribution in [3.8, 4) is 5.75 Å². The summed E-state index contributed by atoms with van der Waals surface area (Å²) in [6.07, 6.45) is 1.57. The maximum absolute atomic E-state index is 12.4. The van der Waals surface area contributed by atoms with Crippen LogP contribution in [-0.2, 0) is 0 Å². The number of rotatable bonds is 3. The van der Waals surface area contributed by atoms with Gasteiger partial charge < -0.3 is 15.8 Å². The van der Waals surface area contributed by atoms with E-state index in [1.165, 1.54) is 7.11 Å². The average Bonchev–Trinajstić information content (AvgIpc) is 2.42. The fourth-order valence-corrected chi connectivity index (χ4v) is 2.07. The van der Waals surface area contributed by atoms with Crippen LogP contribution in [0.3, 0.4) is 0 Å². The van der Waals surface area contributed by atoms with Crippen LogP contribution < -0.4 is 15.8 Å². The molecule has 20 heavy (non-hydrogen) atoms. The van der Waals surface area contributed by atoms with E-state index >= 15 is 0 Å². The number of aryl methyl sites for hydroxylation is 1. The molecule has 2 rings (SSSR count).